The maximum atomic E-state index is 13.0. The third-order valence-corrected chi connectivity index (χ3v) is 5.03. The van der Waals surface area contributed by atoms with Gasteiger partial charge >= 0.3 is 5.97 Å². The Balaban J connectivity index is 2.10. The van der Waals surface area contributed by atoms with Crippen LogP contribution in [0.15, 0.2) is 51.0 Å². The van der Waals surface area contributed by atoms with Crippen LogP contribution in [0.4, 0.5) is 0 Å². The second-order valence-corrected chi connectivity index (χ2v) is 6.85. The van der Waals surface area contributed by atoms with Gasteiger partial charge in [0.05, 0.1) is 36.4 Å². The number of methoxy groups -OCH3 is 1. The Morgan fingerprint density at radius 1 is 1.35 bits per heavy atom. The molecule has 0 saturated heterocycles. The van der Waals surface area contributed by atoms with Crippen LogP contribution >= 0.6 is 11.8 Å². The SMILES string of the molecule is CCCCSc1nc2cc(C(=O)OC)ccc2c(=O)n1Cc1ccco1. The standard InChI is InChI=1S/C19H20N2O4S/c1-3-4-10-26-19-20-16-11-13(18(23)24-2)7-8-15(16)17(22)21(19)12-14-6-5-9-25-14/h5-9,11H,3-4,10,12H2,1-2H3. The lowest BCUT2D eigenvalue weighted by Crippen LogP contribution is -2.24. The molecule has 6 nitrogen and oxygen atoms in total. The van der Waals surface area contributed by atoms with Gasteiger partial charge in [0.2, 0.25) is 0 Å². The van der Waals surface area contributed by atoms with Crippen molar-refractivity contribution in [1.82, 2.24) is 9.55 Å². The minimum Gasteiger partial charge on any atom is -0.467 e. The van der Waals surface area contributed by atoms with Gasteiger partial charge in [0, 0.05) is 5.75 Å². The molecule has 0 radical (unpaired) electrons. The maximum Gasteiger partial charge on any atom is 0.337 e. The summed E-state index contributed by atoms with van der Waals surface area (Å²) < 4.78 is 11.8. The summed E-state index contributed by atoms with van der Waals surface area (Å²) in [6.45, 7) is 2.44. The summed E-state index contributed by atoms with van der Waals surface area (Å²) >= 11 is 1.54. The number of esters is 1. The molecular formula is C19H20N2O4S. The number of ether oxygens (including phenoxy) is 1. The Bertz CT molecular complexity index is 964. The average molecular weight is 372 g/mol. The molecule has 0 fully saturated rings. The van der Waals surface area contributed by atoms with Crippen molar-refractivity contribution in [3.63, 3.8) is 0 Å². The number of carbonyl (C=O) groups is 1. The fourth-order valence-corrected chi connectivity index (χ4v) is 3.64. The molecule has 7 heteroatoms. The molecule has 0 saturated carbocycles. The van der Waals surface area contributed by atoms with Crippen molar-refractivity contribution in [3.8, 4) is 0 Å². The van der Waals surface area contributed by atoms with E-state index in [2.05, 4.69) is 11.9 Å². The molecule has 1 aromatic carbocycles. The number of nitrogens with zero attached hydrogens (tertiary/aromatic N) is 2. The lowest BCUT2D eigenvalue weighted by molar-refractivity contribution is 0.0601. The number of hydrogen-bond acceptors (Lipinski definition) is 6. The van der Waals surface area contributed by atoms with Gasteiger partial charge in [-0.2, -0.15) is 0 Å². The fourth-order valence-electron chi connectivity index (χ4n) is 2.56. The van der Waals surface area contributed by atoms with Crippen molar-refractivity contribution in [2.24, 2.45) is 0 Å². The number of rotatable bonds is 7. The van der Waals surface area contributed by atoms with Crippen LogP contribution in [-0.2, 0) is 11.3 Å². The molecule has 2 heterocycles. The number of unbranched alkanes of at least 4 members (excludes halogenated alkanes) is 1. The largest absolute Gasteiger partial charge is 0.467 e. The van der Waals surface area contributed by atoms with Crippen LogP contribution in [0.1, 0.15) is 35.9 Å². The maximum absolute atomic E-state index is 13.0. The fraction of sp³-hybridized carbons (Fsp3) is 0.316. The van der Waals surface area contributed by atoms with Crippen LogP contribution < -0.4 is 5.56 Å². The summed E-state index contributed by atoms with van der Waals surface area (Å²) in [6, 6.07) is 8.43. The van der Waals surface area contributed by atoms with Gasteiger partial charge in [-0.1, -0.05) is 25.1 Å². The summed E-state index contributed by atoms with van der Waals surface area (Å²) in [7, 11) is 1.33. The molecule has 0 amide bonds. The highest BCUT2D eigenvalue weighted by Crippen LogP contribution is 2.21. The number of aromatic nitrogens is 2. The monoisotopic (exact) mass is 372 g/mol. The average Bonchev–Trinajstić information content (AvgIpc) is 3.17. The quantitative estimate of drug-likeness (QED) is 0.272. The van der Waals surface area contributed by atoms with E-state index in [1.807, 2.05) is 6.07 Å². The van der Waals surface area contributed by atoms with Crippen LogP contribution in [0.3, 0.4) is 0 Å². The van der Waals surface area contributed by atoms with E-state index in [1.165, 1.54) is 18.9 Å². The highest BCUT2D eigenvalue weighted by molar-refractivity contribution is 7.99. The minimum absolute atomic E-state index is 0.151. The molecular weight excluding hydrogens is 352 g/mol. The summed E-state index contributed by atoms with van der Waals surface area (Å²) in [5, 5.41) is 1.08. The van der Waals surface area contributed by atoms with Gasteiger partial charge < -0.3 is 9.15 Å². The van der Waals surface area contributed by atoms with E-state index < -0.39 is 5.97 Å². The first-order chi connectivity index (χ1) is 12.6. The molecule has 26 heavy (non-hydrogen) atoms. The van der Waals surface area contributed by atoms with Gasteiger partial charge in [-0.15, -0.1) is 0 Å². The summed E-state index contributed by atoms with van der Waals surface area (Å²) in [5.41, 5.74) is 0.717. The highest BCUT2D eigenvalue weighted by Gasteiger charge is 2.15. The Kier molecular flexibility index (Phi) is 5.78. The van der Waals surface area contributed by atoms with Crippen molar-refractivity contribution in [3.05, 3.63) is 58.3 Å². The molecule has 0 unspecified atom stereocenters. The molecule has 3 aromatic rings. The molecule has 0 N–H and O–H groups in total. The van der Waals surface area contributed by atoms with E-state index in [9.17, 15) is 9.59 Å². The predicted octanol–water partition coefficient (Wildman–Crippen LogP) is 3.72. The van der Waals surface area contributed by atoms with E-state index >= 15 is 0 Å². The van der Waals surface area contributed by atoms with Gasteiger partial charge in [0.15, 0.2) is 5.16 Å². The molecule has 0 atom stereocenters. The minimum atomic E-state index is -0.450. The van der Waals surface area contributed by atoms with Crippen molar-refractivity contribution in [2.45, 2.75) is 31.5 Å². The number of thioether (sulfide) groups is 1. The zero-order valence-electron chi connectivity index (χ0n) is 14.7. The van der Waals surface area contributed by atoms with Gasteiger partial charge in [-0.05, 0) is 36.8 Å². The molecule has 3 rings (SSSR count). The first kappa shape index (κ1) is 18.3. The number of benzene rings is 1. The van der Waals surface area contributed by atoms with Gasteiger partial charge in [-0.3, -0.25) is 9.36 Å². The Hall–Kier alpha value is -2.54. The number of hydrogen-bond donors (Lipinski definition) is 0. The van der Waals surface area contributed by atoms with Gasteiger partial charge in [0.25, 0.3) is 5.56 Å². The topological polar surface area (TPSA) is 74.3 Å². The number of fused-ring (bicyclic) bond motifs is 1. The van der Waals surface area contributed by atoms with Crippen molar-refractivity contribution in [2.75, 3.05) is 12.9 Å². The predicted molar refractivity (Wildman–Crippen MR) is 101 cm³/mol. The number of furan rings is 1. The molecule has 0 spiro atoms. The first-order valence-electron chi connectivity index (χ1n) is 8.42. The molecule has 0 aliphatic carbocycles. The molecule has 0 bridgehead atoms. The van der Waals surface area contributed by atoms with Crippen molar-refractivity contribution in [1.29, 1.82) is 0 Å². The molecule has 0 aliphatic heterocycles. The molecule has 0 aliphatic rings. The van der Waals surface area contributed by atoms with Crippen LogP contribution in [0.5, 0.6) is 0 Å². The van der Waals surface area contributed by atoms with Crippen LogP contribution in [0.2, 0.25) is 0 Å². The summed E-state index contributed by atoms with van der Waals surface area (Å²) in [6.07, 6.45) is 3.68. The highest BCUT2D eigenvalue weighted by atomic mass is 32.2. The summed E-state index contributed by atoms with van der Waals surface area (Å²) in [4.78, 5) is 29.4. The zero-order valence-corrected chi connectivity index (χ0v) is 15.5. The van der Waals surface area contributed by atoms with Gasteiger partial charge in [0.1, 0.15) is 5.76 Å². The molecule has 2 aromatic heterocycles. The smallest absolute Gasteiger partial charge is 0.337 e. The van der Waals surface area contributed by atoms with Gasteiger partial charge in [-0.25, -0.2) is 9.78 Å². The van der Waals surface area contributed by atoms with E-state index in [-0.39, 0.29) is 5.56 Å². The first-order valence-corrected chi connectivity index (χ1v) is 9.40. The normalized spacial score (nSPS) is 11.0. The van der Waals surface area contributed by atoms with E-state index in [0.717, 1.165) is 18.6 Å². The Morgan fingerprint density at radius 3 is 2.88 bits per heavy atom. The third kappa shape index (κ3) is 3.83. The van der Waals surface area contributed by atoms with Crippen LogP contribution in [0.25, 0.3) is 10.9 Å². The van der Waals surface area contributed by atoms with Crippen molar-refractivity contribution >= 4 is 28.6 Å². The van der Waals surface area contributed by atoms with Crippen molar-refractivity contribution < 1.29 is 13.9 Å². The third-order valence-electron chi connectivity index (χ3n) is 3.96. The Labute approximate surface area is 155 Å². The lowest BCUT2D eigenvalue weighted by Gasteiger charge is -2.12. The second kappa shape index (κ2) is 8.23. The zero-order chi connectivity index (χ0) is 18.5. The second-order valence-electron chi connectivity index (χ2n) is 5.79. The Morgan fingerprint density at radius 2 is 2.19 bits per heavy atom. The van der Waals surface area contributed by atoms with E-state index in [0.29, 0.717) is 33.9 Å². The van der Waals surface area contributed by atoms with E-state index in [1.54, 1.807) is 35.1 Å². The van der Waals surface area contributed by atoms with E-state index in [4.69, 9.17) is 9.15 Å². The summed E-state index contributed by atoms with van der Waals surface area (Å²) in [5.74, 6) is 1.11. The van der Waals surface area contributed by atoms with Crippen LogP contribution in [0, 0.1) is 0 Å². The lowest BCUT2D eigenvalue weighted by atomic mass is 10.1. The number of carbonyl (C=O) groups excluding carboxylic acids is 1. The molecule has 136 valence electrons. The van der Waals surface area contributed by atoms with Crippen LogP contribution in [-0.4, -0.2) is 28.4 Å².